The number of aromatic nitrogens is 2. The molecule has 0 fully saturated rings. The molecule has 0 saturated heterocycles. The summed E-state index contributed by atoms with van der Waals surface area (Å²) in [6.07, 6.45) is 5.02. The van der Waals surface area contributed by atoms with Gasteiger partial charge in [-0.25, -0.2) is 0 Å². The van der Waals surface area contributed by atoms with Crippen LogP contribution in [-0.4, -0.2) is 21.0 Å². The highest BCUT2D eigenvalue weighted by Crippen LogP contribution is 2.19. The first-order chi connectivity index (χ1) is 8.18. The molecule has 1 unspecified atom stereocenters. The van der Waals surface area contributed by atoms with Crippen LogP contribution < -0.4 is 0 Å². The average molecular weight is 228 g/mol. The lowest BCUT2D eigenvalue weighted by Gasteiger charge is -2.06. The van der Waals surface area contributed by atoms with Gasteiger partial charge in [-0.1, -0.05) is 6.07 Å². The van der Waals surface area contributed by atoms with E-state index in [2.05, 4.69) is 9.97 Å². The van der Waals surface area contributed by atoms with Crippen molar-refractivity contribution in [1.29, 1.82) is 0 Å². The first-order valence-corrected chi connectivity index (χ1v) is 5.27. The van der Waals surface area contributed by atoms with E-state index in [1.54, 1.807) is 31.6 Å². The summed E-state index contributed by atoms with van der Waals surface area (Å²) in [4.78, 5) is 19.1. The molecule has 2 aromatic rings. The molecule has 1 N–H and O–H groups in total. The molecule has 86 valence electrons. The molecular weight excluding hydrogens is 216 g/mol. The van der Waals surface area contributed by atoms with Crippen molar-refractivity contribution in [1.82, 2.24) is 9.97 Å². The molecule has 0 aliphatic carbocycles. The fourth-order valence-corrected chi connectivity index (χ4v) is 1.49. The normalized spacial score (nSPS) is 12.1. The maximum atomic E-state index is 10.8. The standard InChI is InChI=1S/C13H12N2O2/c1-9(13(16)17)10-4-5-12(15-8-10)11-3-2-6-14-7-11/h2-9H,1H3,(H,16,17). The van der Waals surface area contributed by atoms with Crippen LogP contribution in [0.2, 0.25) is 0 Å². The van der Waals surface area contributed by atoms with E-state index < -0.39 is 11.9 Å². The van der Waals surface area contributed by atoms with Crippen LogP contribution in [-0.2, 0) is 4.79 Å². The largest absolute Gasteiger partial charge is 0.481 e. The highest BCUT2D eigenvalue weighted by atomic mass is 16.4. The lowest BCUT2D eigenvalue weighted by Crippen LogP contribution is -2.07. The number of carboxylic acid groups (broad SMARTS) is 1. The molecule has 17 heavy (non-hydrogen) atoms. The number of pyridine rings is 2. The lowest BCUT2D eigenvalue weighted by atomic mass is 10.0. The minimum atomic E-state index is -0.846. The monoisotopic (exact) mass is 228 g/mol. The predicted molar refractivity (Wildman–Crippen MR) is 63.5 cm³/mol. The maximum Gasteiger partial charge on any atom is 0.310 e. The number of hydrogen-bond donors (Lipinski definition) is 1. The number of nitrogens with zero attached hydrogens (tertiary/aromatic N) is 2. The number of carboxylic acids is 1. The van der Waals surface area contributed by atoms with Crippen molar-refractivity contribution >= 4 is 5.97 Å². The molecule has 0 aliphatic heterocycles. The third-order valence-electron chi connectivity index (χ3n) is 2.61. The summed E-state index contributed by atoms with van der Waals surface area (Å²) in [5.74, 6) is -1.38. The Morgan fingerprint density at radius 2 is 2.12 bits per heavy atom. The Hall–Kier alpha value is -2.23. The topological polar surface area (TPSA) is 63.1 Å². The molecular formula is C13H12N2O2. The maximum absolute atomic E-state index is 10.8. The Bertz CT molecular complexity index is 509. The number of rotatable bonds is 3. The molecule has 0 radical (unpaired) electrons. The zero-order valence-electron chi connectivity index (χ0n) is 9.37. The summed E-state index contributed by atoms with van der Waals surface area (Å²) in [5.41, 5.74) is 2.41. The Morgan fingerprint density at radius 3 is 2.65 bits per heavy atom. The third kappa shape index (κ3) is 2.47. The van der Waals surface area contributed by atoms with Gasteiger partial charge in [-0.3, -0.25) is 14.8 Å². The van der Waals surface area contributed by atoms with Crippen LogP contribution in [0.1, 0.15) is 18.4 Å². The van der Waals surface area contributed by atoms with E-state index >= 15 is 0 Å². The van der Waals surface area contributed by atoms with E-state index in [0.29, 0.717) is 5.56 Å². The molecule has 4 heteroatoms. The van der Waals surface area contributed by atoms with E-state index in [4.69, 9.17) is 5.11 Å². The van der Waals surface area contributed by atoms with Crippen molar-refractivity contribution in [3.63, 3.8) is 0 Å². The molecule has 0 amide bonds. The van der Waals surface area contributed by atoms with E-state index in [1.807, 2.05) is 18.2 Å². The second-order valence-electron chi connectivity index (χ2n) is 3.78. The average Bonchev–Trinajstić information content (AvgIpc) is 2.39. The van der Waals surface area contributed by atoms with Crippen LogP contribution in [0.4, 0.5) is 0 Å². The van der Waals surface area contributed by atoms with Crippen molar-refractivity contribution in [2.24, 2.45) is 0 Å². The molecule has 0 aliphatic rings. The Morgan fingerprint density at radius 1 is 1.29 bits per heavy atom. The van der Waals surface area contributed by atoms with Crippen LogP contribution in [0, 0.1) is 0 Å². The molecule has 0 spiro atoms. The molecule has 0 bridgehead atoms. The summed E-state index contributed by atoms with van der Waals surface area (Å²) in [6, 6.07) is 7.35. The Balaban J connectivity index is 2.28. The first-order valence-electron chi connectivity index (χ1n) is 5.27. The van der Waals surface area contributed by atoms with Crippen molar-refractivity contribution in [3.8, 4) is 11.3 Å². The minimum absolute atomic E-state index is 0.537. The summed E-state index contributed by atoms with van der Waals surface area (Å²) < 4.78 is 0. The molecule has 2 aromatic heterocycles. The predicted octanol–water partition coefficient (Wildman–Crippen LogP) is 2.33. The fraction of sp³-hybridized carbons (Fsp3) is 0.154. The summed E-state index contributed by atoms with van der Waals surface area (Å²) >= 11 is 0. The summed E-state index contributed by atoms with van der Waals surface area (Å²) in [5, 5.41) is 8.88. The fourth-order valence-electron chi connectivity index (χ4n) is 1.49. The molecule has 0 aromatic carbocycles. The number of hydrogen-bond acceptors (Lipinski definition) is 3. The van der Waals surface area contributed by atoms with Crippen LogP contribution in [0.25, 0.3) is 11.3 Å². The third-order valence-corrected chi connectivity index (χ3v) is 2.61. The molecule has 0 saturated carbocycles. The minimum Gasteiger partial charge on any atom is -0.481 e. The van der Waals surface area contributed by atoms with Crippen LogP contribution in [0.3, 0.4) is 0 Å². The van der Waals surface area contributed by atoms with Crippen LogP contribution in [0.15, 0.2) is 42.9 Å². The zero-order valence-corrected chi connectivity index (χ0v) is 9.37. The van der Waals surface area contributed by atoms with Crippen LogP contribution in [0.5, 0.6) is 0 Å². The van der Waals surface area contributed by atoms with Gasteiger partial charge < -0.3 is 5.11 Å². The lowest BCUT2D eigenvalue weighted by molar-refractivity contribution is -0.138. The van der Waals surface area contributed by atoms with Gasteiger partial charge in [0, 0.05) is 24.2 Å². The van der Waals surface area contributed by atoms with Crippen molar-refractivity contribution in [3.05, 3.63) is 48.4 Å². The number of carbonyl (C=O) groups is 1. The van der Waals surface area contributed by atoms with E-state index in [-0.39, 0.29) is 0 Å². The molecule has 4 nitrogen and oxygen atoms in total. The van der Waals surface area contributed by atoms with E-state index in [9.17, 15) is 4.79 Å². The van der Waals surface area contributed by atoms with Gasteiger partial charge in [0.25, 0.3) is 0 Å². The SMILES string of the molecule is CC(C(=O)O)c1ccc(-c2cccnc2)nc1. The second kappa shape index (κ2) is 4.74. The van der Waals surface area contributed by atoms with Gasteiger partial charge in [0.05, 0.1) is 11.6 Å². The molecule has 2 rings (SSSR count). The molecule has 2 heterocycles. The smallest absolute Gasteiger partial charge is 0.310 e. The van der Waals surface area contributed by atoms with Gasteiger partial charge in [0.2, 0.25) is 0 Å². The number of aliphatic carboxylic acids is 1. The first kappa shape index (κ1) is 11.3. The molecule has 1 atom stereocenters. The van der Waals surface area contributed by atoms with Crippen molar-refractivity contribution < 1.29 is 9.90 Å². The van der Waals surface area contributed by atoms with Gasteiger partial charge in [0.15, 0.2) is 0 Å². The van der Waals surface area contributed by atoms with Gasteiger partial charge in [0.1, 0.15) is 0 Å². The highest BCUT2D eigenvalue weighted by Gasteiger charge is 2.13. The van der Waals surface area contributed by atoms with Crippen LogP contribution >= 0.6 is 0 Å². The van der Waals surface area contributed by atoms with Gasteiger partial charge >= 0.3 is 5.97 Å². The van der Waals surface area contributed by atoms with Crippen molar-refractivity contribution in [2.45, 2.75) is 12.8 Å². The Kier molecular flexibility index (Phi) is 3.14. The van der Waals surface area contributed by atoms with Gasteiger partial charge in [-0.05, 0) is 30.7 Å². The second-order valence-corrected chi connectivity index (χ2v) is 3.78. The quantitative estimate of drug-likeness (QED) is 0.875. The zero-order chi connectivity index (χ0) is 12.3. The summed E-state index contributed by atoms with van der Waals surface area (Å²) in [6.45, 7) is 1.64. The van der Waals surface area contributed by atoms with E-state index in [0.717, 1.165) is 11.3 Å². The van der Waals surface area contributed by atoms with E-state index in [1.165, 1.54) is 0 Å². The Labute approximate surface area is 99.0 Å². The highest BCUT2D eigenvalue weighted by molar-refractivity contribution is 5.75. The summed E-state index contributed by atoms with van der Waals surface area (Å²) in [7, 11) is 0. The van der Waals surface area contributed by atoms with Crippen molar-refractivity contribution in [2.75, 3.05) is 0 Å². The van der Waals surface area contributed by atoms with Gasteiger partial charge in [-0.15, -0.1) is 0 Å². The van der Waals surface area contributed by atoms with Gasteiger partial charge in [-0.2, -0.15) is 0 Å².